The van der Waals surface area contributed by atoms with Crippen LogP contribution in [0.2, 0.25) is 0 Å². The van der Waals surface area contributed by atoms with Gasteiger partial charge in [-0.25, -0.2) is 0 Å². The molecule has 0 saturated heterocycles. The average molecular weight is 305 g/mol. The van der Waals surface area contributed by atoms with Crippen molar-refractivity contribution in [2.24, 2.45) is 5.92 Å². The van der Waals surface area contributed by atoms with E-state index < -0.39 is 43.0 Å². The first kappa shape index (κ1) is 18.6. The zero-order valence-electron chi connectivity index (χ0n) is 11.3. The first-order chi connectivity index (χ1) is 8.93. The van der Waals surface area contributed by atoms with Gasteiger partial charge in [0.2, 0.25) is 0 Å². The highest BCUT2D eigenvalue weighted by atomic mass is 19.4. The van der Waals surface area contributed by atoms with Crippen molar-refractivity contribution in [1.82, 2.24) is 4.90 Å². The highest BCUT2D eigenvalue weighted by Gasteiger charge is 2.64. The molecular weight excluding hydrogens is 289 g/mol. The molecule has 0 aromatic heterocycles. The van der Waals surface area contributed by atoms with Gasteiger partial charge >= 0.3 is 24.0 Å². The maximum atomic E-state index is 13.0. The Morgan fingerprint density at radius 2 is 1.65 bits per heavy atom. The van der Waals surface area contributed by atoms with Crippen LogP contribution in [0, 0.1) is 5.92 Å². The van der Waals surface area contributed by atoms with E-state index in [0.717, 1.165) is 0 Å². The fourth-order valence-corrected chi connectivity index (χ4v) is 1.34. The number of rotatable bonds is 6. The topological polar surface area (TPSA) is 46.6 Å². The molecule has 4 nitrogen and oxygen atoms in total. The first-order valence-electron chi connectivity index (χ1n) is 5.83. The van der Waals surface area contributed by atoms with Gasteiger partial charge in [-0.1, -0.05) is 13.8 Å². The molecular formula is C11H16F5NO3. The molecule has 0 aliphatic heterocycles. The highest BCUT2D eigenvalue weighted by Crippen LogP contribution is 2.37. The molecule has 0 aromatic rings. The van der Waals surface area contributed by atoms with Crippen LogP contribution in [0.4, 0.5) is 22.0 Å². The molecule has 0 heterocycles. The van der Waals surface area contributed by atoms with Crippen LogP contribution in [-0.2, 0) is 14.3 Å². The van der Waals surface area contributed by atoms with E-state index in [9.17, 15) is 31.5 Å². The molecule has 0 aliphatic rings. The average Bonchev–Trinajstić information content (AvgIpc) is 2.25. The van der Waals surface area contributed by atoms with E-state index in [-0.39, 0.29) is 11.5 Å². The summed E-state index contributed by atoms with van der Waals surface area (Å²) in [6, 6.07) is 0. The maximum absolute atomic E-state index is 13.0. The number of carbonyl (C=O) groups excluding carboxylic acids is 2. The van der Waals surface area contributed by atoms with E-state index >= 15 is 0 Å². The molecule has 1 amide bonds. The van der Waals surface area contributed by atoms with Crippen LogP contribution in [0.3, 0.4) is 0 Å². The standard InChI is InChI=1S/C11H16F5NO3/c1-4-20-8(18)6-17(5-7(2)3)9(19)10(12,13)11(14,15)16/h7H,4-6H2,1-3H3. The fraction of sp³-hybridized carbons (Fsp3) is 0.818. The monoisotopic (exact) mass is 305 g/mol. The van der Waals surface area contributed by atoms with E-state index in [1.165, 1.54) is 20.8 Å². The molecule has 0 aliphatic carbocycles. The lowest BCUT2D eigenvalue weighted by atomic mass is 10.2. The summed E-state index contributed by atoms with van der Waals surface area (Å²) in [7, 11) is 0. The minimum atomic E-state index is -6.01. The summed E-state index contributed by atoms with van der Waals surface area (Å²) in [5, 5.41) is 0. The number of esters is 1. The zero-order chi connectivity index (χ0) is 16.1. The van der Waals surface area contributed by atoms with Crippen LogP contribution in [-0.4, -0.2) is 48.6 Å². The van der Waals surface area contributed by atoms with Crippen molar-refractivity contribution in [3.8, 4) is 0 Å². The molecule has 0 atom stereocenters. The molecule has 0 N–H and O–H groups in total. The SMILES string of the molecule is CCOC(=O)CN(CC(C)C)C(=O)C(F)(F)C(F)(F)F. The summed E-state index contributed by atoms with van der Waals surface area (Å²) in [6.07, 6.45) is -6.01. The molecule has 0 rings (SSSR count). The second-order valence-electron chi connectivity index (χ2n) is 4.46. The number of halogens is 5. The van der Waals surface area contributed by atoms with Crippen LogP contribution < -0.4 is 0 Å². The second-order valence-corrected chi connectivity index (χ2v) is 4.46. The van der Waals surface area contributed by atoms with Gasteiger partial charge in [0.25, 0.3) is 0 Å². The summed E-state index contributed by atoms with van der Waals surface area (Å²) < 4.78 is 66.9. The molecule has 0 spiro atoms. The molecule has 20 heavy (non-hydrogen) atoms. The lowest BCUT2D eigenvalue weighted by Crippen LogP contribution is -2.54. The van der Waals surface area contributed by atoms with Crippen molar-refractivity contribution in [3.05, 3.63) is 0 Å². The van der Waals surface area contributed by atoms with Crippen LogP contribution in [0.15, 0.2) is 0 Å². The number of nitrogens with zero attached hydrogens (tertiary/aromatic N) is 1. The van der Waals surface area contributed by atoms with Gasteiger partial charge in [0.15, 0.2) is 0 Å². The van der Waals surface area contributed by atoms with Gasteiger partial charge < -0.3 is 9.64 Å². The summed E-state index contributed by atoms with van der Waals surface area (Å²) in [5.41, 5.74) is 0. The van der Waals surface area contributed by atoms with E-state index in [0.29, 0.717) is 0 Å². The third-order valence-electron chi connectivity index (χ3n) is 2.12. The van der Waals surface area contributed by atoms with Crippen LogP contribution in [0.1, 0.15) is 20.8 Å². The molecule has 0 saturated carbocycles. The predicted octanol–water partition coefficient (Wildman–Crippen LogP) is 2.23. The van der Waals surface area contributed by atoms with Crippen molar-refractivity contribution in [2.45, 2.75) is 32.9 Å². The number of hydrogen-bond donors (Lipinski definition) is 0. The van der Waals surface area contributed by atoms with Gasteiger partial charge in [0, 0.05) is 6.54 Å². The van der Waals surface area contributed by atoms with Gasteiger partial charge in [-0.05, 0) is 12.8 Å². The van der Waals surface area contributed by atoms with Gasteiger partial charge in [0.1, 0.15) is 6.54 Å². The lowest BCUT2D eigenvalue weighted by molar-refractivity contribution is -0.274. The largest absolute Gasteiger partial charge is 0.465 e. The van der Waals surface area contributed by atoms with E-state index in [1.54, 1.807) is 0 Å². The Hall–Kier alpha value is -1.41. The van der Waals surface area contributed by atoms with Crippen molar-refractivity contribution >= 4 is 11.9 Å². The summed E-state index contributed by atoms with van der Waals surface area (Å²) >= 11 is 0. The fourth-order valence-electron chi connectivity index (χ4n) is 1.34. The molecule has 0 unspecified atom stereocenters. The van der Waals surface area contributed by atoms with Gasteiger partial charge in [-0.2, -0.15) is 22.0 Å². The minimum Gasteiger partial charge on any atom is -0.465 e. The molecule has 0 aromatic carbocycles. The Balaban J connectivity index is 5.13. The summed E-state index contributed by atoms with van der Waals surface area (Å²) in [4.78, 5) is 22.7. The summed E-state index contributed by atoms with van der Waals surface area (Å²) in [6.45, 7) is 3.03. The molecule has 0 radical (unpaired) electrons. The quantitative estimate of drug-likeness (QED) is 0.558. The third-order valence-corrected chi connectivity index (χ3v) is 2.12. The highest BCUT2D eigenvalue weighted by molar-refractivity contribution is 5.87. The number of hydrogen-bond acceptors (Lipinski definition) is 3. The molecule has 0 bridgehead atoms. The van der Waals surface area contributed by atoms with Crippen LogP contribution >= 0.6 is 0 Å². The maximum Gasteiger partial charge on any atom is 0.463 e. The first-order valence-corrected chi connectivity index (χ1v) is 5.83. The number of ether oxygens (including phenoxy) is 1. The Morgan fingerprint density at radius 3 is 2.00 bits per heavy atom. The number of carbonyl (C=O) groups is 2. The molecule has 118 valence electrons. The Kier molecular flexibility index (Phi) is 6.36. The molecule has 9 heteroatoms. The molecule has 0 fully saturated rings. The van der Waals surface area contributed by atoms with Gasteiger partial charge in [-0.3, -0.25) is 9.59 Å². The van der Waals surface area contributed by atoms with E-state index in [2.05, 4.69) is 4.74 Å². The van der Waals surface area contributed by atoms with Crippen molar-refractivity contribution in [1.29, 1.82) is 0 Å². The van der Waals surface area contributed by atoms with Gasteiger partial charge in [-0.15, -0.1) is 0 Å². The second kappa shape index (κ2) is 6.85. The van der Waals surface area contributed by atoms with Crippen molar-refractivity contribution in [2.75, 3.05) is 19.7 Å². The zero-order valence-corrected chi connectivity index (χ0v) is 11.3. The van der Waals surface area contributed by atoms with Crippen molar-refractivity contribution < 1.29 is 36.3 Å². The van der Waals surface area contributed by atoms with Crippen LogP contribution in [0.25, 0.3) is 0 Å². The Bertz CT molecular complexity index is 354. The summed E-state index contributed by atoms with van der Waals surface area (Å²) in [5.74, 6) is -9.42. The lowest BCUT2D eigenvalue weighted by Gasteiger charge is -2.28. The third kappa shape index (κ3) is 4.93. The van der Waals surface area contributed by atoms with Gasteiger partial charge in [0.05, 0.1) is 6.61 Å². The number of alkyl halides is 5. The van der Waals surface area contributed by atoms with Crippen molar-refractivity contribution in [3.63, 3.8) is 0 Å². The normalized spacial score (nSPS) is 12.4. The predicted molar refractivity (Wildman–Crippen MR) is 59.1 cm³/mol. The van der Waals surface area contributed by atoms with Crippen LogP contribution in [0.5, 0.6) is 0 Å². The van der Waals surface area contributed by atoms with E-state index in [4.69, 9.17) is 0 Å². The smallest absolute Gasteiger partial charge is 0.463 e. The minimum absolute atomic E-state index is 0.0712. The Labute approximate surface area is 112 Å². The van der Waals surface area contributed by atoms with E-state index in [1.807, 2.05) is 0 Å². The Morgan fingerprint density at radius 1 is 1.15 bits per heavy atom. The number of amides is 1.